The number of aromatic nitrogens is 2. The number of hydrogen-bond donors (Lipinski definition) is 0. The molecule has 0 saturated carbocycles. The zero-order valence-electron chi connectivity index (χ0n) is 18.1. The number of hydrogen-bond acceptors (Lipinski definition) is 2. The van der Waals surface area contributed by atoms with Gasteiger partial charge in [0.05, 0.1) is 17.1 Å². The summed E-state index contributed by atoms with van der Waals surface area (Å²) in [4.78, 5) is 15.0. The molecule has 1 amide bonds. The fourth-order valence-electron chi connectivity index (χ4n) is 3.56. The minimum Gasteiger partial charge on any atom is -0.338 e. The van der Waals surface area contributed by atoms with E-state index in [1.54, 1.807) is 0 Å². The first-order chi connectivity index (χ1) is 13.8. The quantitative estimate of drug-likeness (QED) is 0.527. The van der Waals surface area contributed by atoms with Crippen molar-refractivity contribution in [3.63, 3.8) is 0 Å². The first kappa shape index (κ1) is 20.8. The molecule has 0 atom stereocenters. The van der Waals surface area contributed by atoms with E-state index < -0.39 is 0 Å². The predicted molar refractivity (Wildman–Crippen MR) is 119 cm³/mol. The van der Waals surface area contributed by atoms with Gasteiger partial charge in [0.25, 0.3) is 5.91 Å². The van der Waals surface area contributed by atoms with Gasteiger partial charge in [0, 0.05) is 24.2 Å². The normalized spacial score (nSPS) is 11.3. The van der Waals surface area contributed by atoms with E-state index in [4.69, 9.17) is 0 Å². The molecule has 152 valence electrons. The molecular weight excluding hydrogens is 358 g/mol. The summed E-state index contributed by atoms with van der Waals surface area (Å²) in [5.41, 5.74) is 4.80. The Bertz CT molecular complexity index is 930. The maximum Gasteiger partial charge on any atom is 0.253 e. The maximum absolute atomic E-state index is 13.1. The molecule has 4 heteroatoms. The fourth-order valence-corrected chi connectivity index (χ4v) is 3.56. The summed E-state index contributed by atoms with van der Waals surface area (Å²) < 4.78 is 1.94. The molecule has 29 heavy (non-hydrogen) atoms. The van der Waals surface area contributed by atoms with Gasteiger partial charge in [0.2, 0.25) is 0 Å². The van der Waals surface area contributed by atoms with E-state index in [1.165, 1.54) is 0 Å². The highest BCUT2D eigenvalue weighted by atomic mass is 16.2. The Morgan fingerprint density at radius 1 is 0.931 bits per heavy atom. The molecule has 0 saturated heterocycles. The van der Waals surface area contributed by atoms with Crippen molar-refractivity contribution in [2.24, 2.45) is 11.8 Å². The monoisotopic (exact) mass is 389 g/mol. The van der Waals surface area contributed by atoms with Crippen LogP contribution in [0.25, 0.3) is 16.9 Å². The van der Waals surface area contributed by atoms with Crippen LogP contribution < -0.4 is 0 Å². The summed E-state index contributed by atoms with van der Waals surface area (Å²) in [6.07, 6.45) is 0. The van der Waals surface area contributed by atoms with Crippen LogP contribution in [-0.4, -0.2) is 33.7 Å². The molecule has 0 spiro atoms. The zero-order chi connectivity index (χ0) is 21.0. The number of rotatable bonds is 7. The largest absolute Gasteiger partial charge is 0.338 e. The molecule has 1 heterocycles. The Kier molecular flexibility index (Phi) is 6.53. The van der Waals surface area contributed by atoms with Gasteiger partial charge in [-0.15, -0.1) is 0 Å². The van der Waals surface area contributed by atoms with Crippen LogP contribution in [0.15, 0.2) is 60.7 Å². The molecule has 0 bridgehead atoms. The Morgan fingerprint density at radius 3 is 2.07 bits per heavy atom. The molecule has 0 aliphatic carbocycles. The third kappa shape index (κ3) is 5.14. The van der Waals surface area contributed by atoms with Crippen molar-refractivity contribution in [3.05, 3.63) is 71.9 Å². The van der Waals surface area contributed by atoms with Crippen LogP contribution in [0.3, 0.4) is 0 Å². The lowest BCUT2D eigenvalue weighted by molar-refractivity contribution is 0.0715. The molecule has 0 aliphatic heterocycles. The summed E-state index contributed by atoms with van der Waals surface area (Å²) in [5.74, 6) is 0.980. The lowest BCUT2D eigenvalue weighted by Gasteiger charge is -2.26. The predicted octanol–water partition coefficient (Wildman–Crippen LogP) is 5.60. The second-order valence-corrected chi connectivity index (χ2v) is 8.49. The van der Waals surface area contributed by atoms with Crippen molar-refractivity contribution in [1.82, 2.24) is 14.7 Å². The van der Waals surface area contributed by atoms with Gasteiger partial charge in [-0.1, -0.05) is 58.0 Å². The standard InChI is InChI=1S/C25H31N3O/c1-18(2)16-27(17-19(3)4)25(29)22-11-13-23(14-12-22)28-24(15-20(5)26-28)21-9-7-6-8-10-21/h6-15,18-19H,16-17H2,1-5H3. The Morgan fingerprint density at radius 2 is 1.52 bits per heavy atom. The van der Waals surface area contributed by atoms with Crippen LogP contribution >= 0.6 is 0 Å². The van der Waals surface area contributed by atoms with Crippen molar-refractivity contribution < 1.29 is 4.79 Å². The zero-order valence-corrected chi connectivity index (χ0v) is 18.1. The number of aryl methyl sites for hydroxylation is 1. The SMILES string of the molecule is Cc1cc(-c2ccccc2)n(-c2ccc(C(=O)N(CC(C)C)CC(C)C)cc2)n1. The molecule has 4 nitrogen and oxygen atoms in total. The highest BCUT2D eigenvalue weighted by molar-refractivity contribution is 5.94. The van der Waals surface area contributed by atoms with E-state index in [9.17, 15) is 4.79 Å². The number of carbonyl (C=O) groups excluding carboxylic acids is 1. The third-order valence-electron chi connectivity index (χ3n) is 4.72. The summed E-state index contributed by atoms with van der Waals surface area (Å²) in [5, 5.41) is 4.67. The van der Waals surface area contributed by atoms with E-state index in [0.717, 1.165) is 41.3 Å². The topological polar surface area (TPSA) is 38.1 Å². The lowest BCUT2D eigenvalue weighted by Crippen LogP contribution is -2.37. The van der Waals surface area contributed by atoms with Crippen molar-refractivity contribution >= 4 is 5.91 Å². The summed E-state index contributed by atoms with van der Waals surface area (Å²) in [7, 11) is 0. The molecule has 1 aromatic heterocycles. The molecule has 0 unspecified atom stereocenters. The van der Waals surface area contributed by atoms with E-state index >= 15 is 0 Å². The van der Waals surface area contributed by atoms with Gasteiger partial charge in [-0.05, 0) is 49.1 Å². The van der Waals surface area contributed by atoms with Crippen molar-refractivity contribution in [1.29, 1.82) is 0 Å². The second-order valence-electron chi connectivity index (χ2n) is 8.49. The van der Waals surface area contributed by atoms with Crippen LogP contribution in [0.5, 0.6) is 0 Å². The van der Waals surface area contributed by atoms with Gasteiger partial charge in [-0.2, -0.15) is 5.10 Å². The number of amides is 1. The van der Waals surface area contributed by atoms with Gasteiger partial charge in [-0.3, -0.25) is 4.79 Å². The molecule has 3 aromatic rings. The van der Waals surface area contributed by atoms with Crippen molar-refractivity contribution in [2.45, 2.75) is 34.6 Å². The maximum atomic E-state index is 13.1. The first-order valence-corrected chi connectivity index (χ1v) is 10.4. The number of carbonyl (C=O) groups is 1. The van der Waals surface area contributed by atoms with Gasteiger partial charge in [-0.25, -0.2) is 4.68 Å². The molecule has 0 aliphatic rings. The van der Waals surface area contributed by atoms with Crippen LogP contribution in [0.2, 0.25) is 0 Å². The summed E-state index contributed by atoms with van der Waals surface area (Å²) >= 11 is 0. The molecule has 0 fully saturated rings. The lowest BCUT2D eigenvalue weighted by atomic mass is 10.1. The molecule has 0 N–H and O–H groups in total. The Hall–Kier alpha value is -2.88. The minimum absolute atomic E-state index is 0.0962. The molecule has 3 rings (SSSR count). The van der Waals surface area contributed by atoms with Gasteiger partial charge >= 0.3 is 0 Å². The average molecular weight is 390 g/mol. The highest BCUT2D eigenvalue weighted by Gasteiger charge is 2.18. The van der Waals surface area contributed by atoms with Crippen LogP contribution in [0.4, 0.5) is 0 Å². The van der Waals surface area contributed by atoms with E-state index in [2.05, 4.69) is 51.0 Å². The van der Waals surface area contributed by atoms with E-state index in [1.807, 2.05) is 59.0 Å². The van der Waals surface area contributed by atoms with Crippen LogP contribution in [0, 0.1) is 18.8 Å². The Labute approximate surface area is 174 Å². The second kappa shape index (κ2) is 9.08. The highest BCUT2D eigenvalue weighted by Crippen LogP contribution is 2.24. The number of nitrogens with zero attached hydrogens (tertiary/aromatic N) is 3. The number of benzene rings is 2. The molecule has 2 aromatic carbocycles. The molecule has 0 radical (unpaired) electrons. The van der Waals surface area contributed by atoms with E-state index in [0.29, 0.717) is 11.8 Å². The molecular formula is C25H31N3O. The smallest absolute Gasteiger partial charge is 0.253 e. The van der Waals surface area contributed by atoms with Crippen LogP contribution in [-0.2, 0) is 0 Å². The van der Waals surface area contributed by atoms with Gasteiger partial charge in [0.1, 0.15) is 0 Å². The van der Waals surface area contributed by atoms with E-state index in [-0.39, 0.29) is 5.91 Å². The van der Waals surface area contributed by atoms with Crippen molar-refractivity contribution in [2.75, 3.05) is 13.1 Å². The summed E-state index contributed by atoms with van der Waals surface area (Å²) in [6, 6.07) is 20.1. The summed E-state index contributed by atoms with van der Waals surface area (Å²) in [6.45, 7) is 12.1. The minimum atomic E-state index is 0.0962. The van der Waals surface area contributed by atoms with Crippen LogP contribution in [0.1, 0.15) is 43.7 Å². The van der Waals surface area contributed by atoms with Crippen molar-refractivity contribution in [3.8, 4) is 16.9 Å². The Balaban J connectivity index is 1.88. The fraction of sp³-hybridized carbons (Fsp3) is 0.360. The average Bonchev–Trinajstić information content (AvgIpc) is 3.09. The third-order valence-corrected chi connectivity index (χ3v) is 4.72. The first-order valence-electron chi connectivity index (χ1n) is 10.4. The van der Waals surface area contributed by atoms with Gasteiger partial charge in [0.15, 0.2) is 0 Å². The van der Waals surface area contributed by atoms with Gasteiger partial charge < -0.3 is 4.90 Å².